The molecule has 0 radical (unpaired) electrons. The summed E-state index contributed by atoms with van der Waals surface area (Å²) in [5.74, 6) is 0. The van der Waals surface area contributed by atoms with Gasteiger partial charge < -0.3 is 10.1 Å². The zero-order chi connectivity index (χ0) is 5.82. The van der Waals surface area contributed by atoms with Gasteiger partial charge in [-0.15, -0.1) is 0 Å². The highest BCUT2D eigenvalue weighted by Gasteiger charge is 2.09. The van der Waals surface area contributed by atoms with Crippen molar-refractivity contribution in [2.24, 2.45) is 0 Å². The quantitative estimate of drug-likeness (QED) is 0.544. The maximum absolute atomic E-state index is 5.15. The zero-order valence-electron chi connectivity index (χ0n) is 5.31. The second-order valence-electron chi connectivity index (χ2n) is 2.19. The molecule has 2 nitrogen and oxygen atoms in total. The second kappa shape index (κ2) is 3.05. The van der Waals surface area contributed by atoms with E-state index < -0.39 is 0 Å². The standard InChI is InChI=1S/C6H13NO.H2/c1-8-6-2-4-7-5-3-6;/h6-7H,2-5H2,1H3;1H. The molecule has 8 heavy (non-hydrogen) atoms. The van der Waals surface area contributed by atoms with Crippen LogP contribution in [0, 0.1) is 0 Å². The molecule has 1 rings (SSSR count). The van der Waals surface area contributed by atoms with E-state index in [4.69, 9.17) is 4.74 Å². The van der Waals surface area contributed by atoms with Gasteiger partial charge in [-0.1, -0.05) is 0 Å². The SMILES string of the molecule is COC1CCNCC1.[HH]. The normalized spacial score (nSPS) is 23.6. The Kier molecular flexibility index (Phi) is 2.30. The van der Waals surface area contributed by atoms with Crippen LogP contribution < -0.4 is 5.32 Å². The first-order chi connectivity index (χ1) is 3.93. The summed E-state index contributed by atoms with van der Waals surface area (Å²) < 4.78 is 5.15. The summed E-state index contributed by atoms with van der Waals surface area (Å²) in [7, 11) is 1.79. The molecular formula is C6H15NO. The molecule has 1 saturated heterocycles. The van der Waals surface area contributed by atoms with Crippen LogP contribution in [0.25, 0.3) is 0 Å². The summed E-state index contributed by atoms with van der Waals surface area (Å²) in [6.45, 7) is 2.25. The van der Waals surface area contributed by atoms with Crippen molar-refractivity contribution in [1.82, 2.24) is 5.32 Å². The molecule has 0 spiro atoms. The number of piperidine rings is 1. The summed E-state index contributed by atoms with van der Waals surface area (Å²) >= 11 is 0. The van der Waals surface area contributed by atoms with Gasteiger partial charge in [0.05, 0.1) is 6.10 Å². The van der Waals surface area contributed by atoms with Crippen molar-refractivity contribution in [3.05, 3.63) is 0 Å². The van der Waals surface area contributed by atoms with E-state index in [0.717, 1.165) is 13.1 Å². The van der Waals surface area contributed by atoms with Gasteiger partial charge in [0, 0.05) is 8.54 Å². The van der Waals surface area contributed by atoms with Gasteiger partial charge in [-0.3, -0.25) is 0 Å². The van der Waals surface area contributed by atoms with E-state index >= 15 is 0 Å². The van der Waals surface area contributed by atoms with Crippen molar-refractivity contribution in [2.75, 3.05) is 20.2 Å². The fourth-order valence-electron chi connectivity index (χ4n) is 1.03. The van der Waals surface area contributed by atoms with Gasteiger partial charge in [-0.25, -0.2) is 0 Å². The Morgan fingerprint density at radius 2 is 2.12 bits per heavy atom. The van der Waals surface area contributed by atoms with Gasteiger partial charge in [0.1, 0.15) is 0 Å². The predicted octanol–water partition coefficient (Wildman–Crippen LogP) is 0.631. The topological polar surface area (TPSA) is 21.3 Å². The Labute approximate surface area is 51.7 Å². The van der Waals surface area contributed by atoms with E-state index in [1.807, 2.05) is 0 Å². The molecule has 0 aromatic heterocycles. The number of nitrogens with one attached hydrogen (secondary N) is 1. The first kappa shape index (κ1) is 6.05. The smallest absolute Gasteiger partial charge is 0.0595 e. The summed E-state index contributed by atoms with van der Waals surface area (Å²) in [4.78, 5) is 0. The van der Waals surface area contributed by atoms with Crippen LogP contribution in [0.1, 0.15) is 14.3 Å². The molecule has 1 aliphatic heterocycles. The average Bonchev–Trinajstić information content (AvgIpc) is 1.90. The highest BCUT2D eigenvalue weighted by Crippen LogP contribution is 2.04. The first-order valence-corrected chi connectivity index (χ1v) is 3.17. The minimum absolute atomic E-state index is 0. The molecule has 1 heterocycles. The third-order valence-electron chi connectivity index (χ3n) is 1.62. The van der Waals surface area contributed by atoms with Crippen molar-refractivity contribution in [1.29, 1.82) is 0 Å². The van der Waals surface area contributed by atoms with Gasteiger partial charge in [-0.2, -0.15) is 0 Å². The molecule has 1 aliphatic rings. The molecule has 0 bridgehead atoms. The fourth-order valence-corrected chi connectivity index (χ4v) is 1.03. The van der Waals surface area contributed by atoms with Gasteiger partial charge in [0.25, 0.3) is 0 Å². The largest absolute Gasteiger partial charge is 0.381 e. The zero-order valence-corrected chi connectivity index (χ0v) is 5.31. The Morgan fingerprint density at radius 1 is 1.50 bits per heavy atom. The molecule has 0 aromatic carbocycles. The molecule has 0 saturated carbocycles. The van der Waals surface area contributed by atoms with Crippen molar-refractivity contribution < 1.29 is 6.16 Å². The van der Waals surface area contributed by atoms with Crippen LogP contribution in [0.15, 0.2) is 0 Å². The molecule has 1 N–H and O–H groups in total. The van der Waals surface area contributed by atoms with Crippen LogP contribution in [-0.4, -0.2) is 26.3 Å². The van der Waals surface area contributed by atoms with Crippen LogP contribution in [0.4, 0.5) is 0 Å². The molecule has 0 unspecified atom stereocenters. The van der Waals surface area contributed by atoms with E-state index in [9.17, 15) is 0 Å². The van der Waals surface area contributed by atoms with Crippen molar-refractivity contribution >= 4 is 0 Å². The molecule has 2 heteroatoms. The molecule has 0 atom stereocenters. The summed E-state index contributed by atoms with van der Waals surface area (Å²) in [5.41, 5.74) is 0. The summed E-state index contributed by atoms with van der Waals surface area (Å²) in [6, 6.07) is 0. The molecule has 0 aliphatic carbocycles. The fraction of sp³-hybridized carbons (Fsp3) is 1.00. The minimum Gasteiger partial charge on any atom is -0.381 e. The first-order valence-electron chi connectivity index (χ1n) is 3.17. The number of ether oxygens (including phenoxy) is 1. The summed E-state index contributed by atoms with van der Waals surface area (Å²) in [6.07, 6.45) is 2.88. The lowest BCUT2D eigenvalue weighted by atomic mass is 10.1. The van der Waals surface area contributed by atoms with Gasteiger partial charge >= 0.3 is 0 Å². The van der Waals surface area contributed by atoms with Crippen LogP contribution in [-0.2, 0) is 4.74 Å². The third kappa shape index (κ3) is 1.46. The maximum atomic E-state index is 5.15. The van der Waals surface area contributed by atoms with E-state index in [1.165, 1.54) is 12.8 Å². The monoisotopic (exact) mass is 117 g/mol. The van der Waals surface area contributed by atoms with Crippen molar-refractivity contribution in [3.8, 4) is 0 Å². The third-order valence-corrected chi connectivity index (χ3v) is 1.62. The second-order valence-corrected chi connectivity index (χ2v) is 2.19. The van der Waals surface area contributed by atoms with E-state index in [1.54, 1.807) is 7.11 Å². The number of hydrogen-bond donors (Lipinski definition) is 1. The lowest BCUT2D eigenvalue weighted by Gasteiger charge is -2.20. The van der Waals surface area contributed by atoms with Crippen molar-refractivity contribution in [2.45, 2.75) is 18.9 Å². The maximum Gasteiger partial charge on any atom is 0.0595 e. The predicted molar refractivity (Wildman–Crippen MR) is 35.0 cm³/mol. The number of rotatable bonds is 1. The molecular weight excluding hydrogens is 102 g/mol. The van der Waals surface area contributed by atoms with E-state index in [0.29, 0.717) is 6.10 Å². The Bertz CT molecular complexity index is 64.1. The van der Waals surface area contributed by atoms with Crippen LogP contribution in [0.5, 0.6) is 0 Å². The summed E-state index contributed by atoms with van der Waals surface area (Å²) in [5, 5.41) is 3.27. The average molecular weight is 117 g/mol. The Balaban J connectivity index is 0.000000640. The van der Waals surface area contributed by atoms with Gasteiger partial charge in [0.15, 0.2) is 0 Å². The van der Waals surface area contributed by atoms with Crippen LogP contribution >= 0.6 is 0 Å². The van der Waals surface area contributed by atoms with Crippen LogP contribution in [0.2, 0.25) is 0 Å². The van der Waals surface area contributed by atoms with Crippen LogP contribution in [0.3, 0.4) is 0 Å². The molecule has 1 fully saturated rings. The van der Waals surface area contributed by atoms with E-state index in [-0.39, 0.29) is 1.43 Å². The van der Waals surface area contributed by atoms with Crippen molar-refractivity contribution in [3.63, 3.8) is 0 Å². The number of methoxy groups -OCH3 is 1. The molecule has 0 aromatic rings. The molecule has 50 valence electrons. The molecule has 0 amide bonds. The Hall–Kier alpha value is -0.0800. The van der Waals surface area contributed by atoms with E-state index in [2.05, 4.69) is 5.32 Å². The lowest BCUT2D eigenvalue weighted by molar-refractivity contribution is 0.0765. The van der Waals surface area contributed by atoms with Gasteiger partial charge in [0.2, 0.25) is 0 Å². The van der Waals surface area contributed by atoms with Gasteiger partial charge in [-0.05, 0) is 25.9 Å². The minimum atomic E-state index is 0. The Morgan fingerprint density at radius 3 is 2.50 bits per heavy atom. The highest BCUT2D eigenvalue weighted by atomic mass is 16.5. The lowest BCUT2D eigenvalue weighted by Crippen LogP contribution is -2.31. The number of hydrogen-bond acceptors (Lipinski definition) is 2. The highest BCUT2D eigenvalue weighted by molar-refractivity contribution is 4.66.